The van der Waals surface area contributed by atoms with Crippen molar-refractivity contribution in [3.05, 3.63) is 29.7 Å². The van der Waals surface area contributed by atoms with E-state index in [0.29, 0.717) is 12.2 Å². The van der Waals surface area contributed by atoms with E-state index in [4.69, 9.17) is 4.52 Å². The minimum atomic E-state index is -3.72. The standard InChI is InChI=1S/C11H14N4O3S/c1-4-9-14-10(18-15-9)8(3)19(16,17)11-12-5-7(2)6-13-11/h5-6,8H,4H2,1-3H3/t8-/m0/s1. The van der Waals surface area contributed by atoms with Crippen molar-refractivity contribution in [2.24, 2.45) is 0 Å². The van der Waals surface area contributed by atoms with Gasteiger partial charge in [0.25, 0.3) is 0 Å². The largest absolute Gasteiger partial charge is 0.338 e. The molecule has 102 valence electrons. The Labute approximate surface area is 111 Å². The van der Waals surface area contributed by atoms with Crippen LogP contribution in [0.4, 0.5) is 0 Å². The molecule has 2 heterocycles. The third-order valence-corrected chi connectivity index (χ3v) is 4.48. The predicted molar refractivity (Wildman–Crippen MR) is 66.0 cm³/mol. The molecular formula is C11H14N4O3S. The van der Waals surface area contributed by atoms with Crippen LogP contribution in [0.5, 0.6) is 0 Å². The summed E-state index contributed by atoms with van der Waals surface area (Å²) in [6, 6.07) is 0. The van der Waals surface area contributed by atoms with Crippen LogP contribution in [0.3, 0.4) is 0 Å². The Morgan fingerprint density at radius 1 is 1.32 bits per heavy atom. The smallest absolute Gasteiger partial charge is 0.247 e. The van der Waals surface area contributed by atoms with E-state index < -0.39 is 15.1 Å². The average molecular weight is 282 g/mol. The van der Waals surface area contributed by atoms with E-state index in [1.807, 2.05) is 6.92 Å². The van der Waals surface area contributed by atoms with Crippen molar-refractivity contribution >= 4 is 9.84 Å². The SMILES string of the molecule is CCc1noc([C@H](C)S(=O)(=O)c2ncc(C)cn2)n1. The molecule has 2 aromatic heterocycles. The van der Waals surface area contributed by atoms with E-state index >= 15 is 0 Å². The second kappa shape index (κ2) is 5.04. The molecule has 0 fully saturated rings. The molecule has 0 radical (unpaired) electrons. The molecule has 0 saturated heterocycles. The second-order valence-corrected chi connectivity index (χ2v) is 6.29. The highest BCUT2D eigenvalue weighted by molar-refractivity contribution is 7.91. The number of rotatable bonds is 4. The fraction of sp³-hybridized carbons (Fsp3) is 0.455. The van der Waals surface area contributed by atoms with Gasteiger partial charge in [-0.15, -0.1) is 0 Å². The molecule has 0 spiro atoms. The van der Waals surface area contributed by atoms with Crippen molar-refractivity contribution in [1.29, 1.82) is 0 Å². The van der Waals surface area contributed by atoms with E-state index in [-0.39, 0.29) is 11.0 Å². The van der Waals surface area contributed by atoms with Crippen molar-refractivity contribution in [1.82, 2.24) is 20.1 Å². The zero-order valence-corrected chi connectivity index (χ0v) is 11.7. The highest BCUT2D eigenvalue weighted by Gasteiger charge is 2.32. The molecular weight excluding hydrogens is 268 g/mol. The van der Waals surface area contributed by atoms with Crippen LogP contribution in [0, 0.1) is 6.92 Å². The Balaban J connectivity index is 2.36. The number of hydrogen-bond donors (Lipinski definition) is 0. The van der Waals surface area contributed by atoms with E-state index in [1.54, 1.807) is 6.92 Å². The average Bonchev–Trinajstić information content (AvgIpc) is 2.87. The number of nitrogens with zero attached hydrogens (tertiary/aromatic N) is 4. The lowest BCUT2D eigenvalue weighted by Gasteiger charge is -2.06. The number of sulfone groups is 1. The van der Waals surface area contributed by atoms with E-state index in [1.165, 1.54) is 19.3 Å². The summed E-state index contributed by atoms with van der Waals surface area (Å²) in [4.78, 5) is 11.7. The Bertz CT molecular complexity index is 664. The maximum Gasteiger partial charge on any atom is 0.247 e. The summed E-state index contributed by atoms with van der Waals surface area (Å²) in [5.41, 5.74) is 0.790. The first kappa shape index (κ1) is 13.6. The molecule has 19 heavy (non-hydrogen) atoms. The normalized spacial score (nSPS) is 13.4. The summed E-state index contributed by atoms with van der Waals surface area (Å²) in [5.74, 6) is 0.530. The van der Waals surface area contributed by atoms with Gasteiger partial charge in [-0.25, -0.2) is 18.4 Å². The lowest BCUT2D eigenvalue weighted by atomic mass is 10.4. The van der Waals surface area contributed by atoms with Gasteiger partial charge in [-0.05, 0) is 19.4 Å². The summed E-state index contributed by atoms with van der Waals surface area (Å²) < 4.78 is 29.5. The molecule has 7 nitrogen and oxygen atoms in total. The quantitative estimate of drug-likeness (QED) is 0.778. The van der Waals surface area contributed by atoms with Crippen molar-refractivity contribution in [2.75, 3.05) is 0 Å². The Morgan fingerprint density at radius 2 is 1.95 bits per heavy atom. The van der Waals surface area contributed by atoms with Crippen LogP contribution in [-0.4, -0.2) is 28.5 Å². The first-order chi connectivity index (χ1) is 8.95. The molecule has 0 N–H and O–H groups in total. The van der Waals surface area contributed by atoms with Crippen LogP contribution in [0.2, 0.25) is 0 Å². The Morgan fingerprint density at radius 3 is 2.47 bits per heavy atom. The maximum absolute atomic E-state index is 12.3. The van der Waals surface area contributed by atoms with Crippen LogP contribution in [0.25, 0.3) is 0 Å². The van der Waals surface area contributed by atoms with Crippen LogP contribution in [0.15, 0.2) is 22.1 Å². The summed E-state index contributed by atoms with van der Waals surface area (Å²) in [5, 5.41) is 2.48. The van der Waals surface area contributed by atoms with Crippen LogP contribution in [-0.2, 0) is 16.3 Å². The van der Waals surface area contributed by atoms with Gasteiger partial charge in [0.15, 0.2) is 5.82 Å². The molecule has 0 aliphatic rings. The zero-order chi connectivity index (χ0) is 14.0. The van der Waals surface area contributed by atoms with Crippen molar-refractivity contribution in [2.45, 2.75) is 37.6 Å². The van der Waals surface area contributed by atoms with Crippen LogP contribution >= 0.6 is 0 Å². The number of aryl methyl sites for hydroxylation is 2. The third-order valence-electron chi connectivity index (χ3n) is 2.62. The van der Waals surface area contributed by atoms with Gasteiger partial charge < -0.3 is 4.52 Å². The van der Waals surface area contributed by atoms with Gasteiger partial charge >= 0.3 is 0 Å². The monoisotopic (exact) mass is 282 g/mol. The van der Waals surface area contributed by atoms with Gasteiger partial charge in [0.1, 0.15) is 5.25 Å². The molecule has 0 amide bonds. The number of hydrogen-bond acceptors (Lipinski definition) is 7. The number of aromatic nitrogens is 4. The molecule has 0 aliphatic carbocycles. The van der Waals surface area contributed by atoms with Crippen LogP contribution < -0.4 is 0 Å². The minimum absolute atomic E-state index is 0.0565. The summed E-state index contributed by atoms with van der Waals surface area (Å²) in [7, 11) is -3.72. The molecule has 2 aromatic rings. The topological polar surface area (TPSA) is 98.8 Å². The van der Waals surface area contributed by atoms with Gasteiger partial charge in [-0.2, -0.15) is 4.98 Å². The molecule has 0 bridgehead atoms. The van der Waals surface area contributed by atoms with Crippen molar-refractivity contribution in [3.63, 3.8) is 0 Å². The Hall–Kier alpha value is -1.83. The van der Waals surface area contributed by atoms with E-state index in [9.17, 15) is 8.42 Å². The summed E-state index contributed by atoms with van der Waals surface area (Å²) in [6.07, 6.45) is 3.49. The first-order valence-electron chi connectivity index (χ1n) is 5.80. The minimum Gasteiger partial charge on any atom is -0.338 e. The molecule has 1 atom stereocenters. The van der Waals surface area contributed by atoms with Gasteiger partial charge in [0, 0.05) is 18.8 Å². The molecule has 0 aliphatic heterocycles. The van der Waals surface area contributed by atoms with Gasteiger partial charge in [-0.3, -0.25) is 0 Å². The first-order valence-corrected chi connectivity index (χ1v) is 7.34. The zero-order valence-electron chi connectivity index (χ0n) is 10.9. The molecule has 8 heteroatoms. The fourth-order valence-electron chi connectivity index (χ4n) is 1.39. The molecule has 2 rings (SSSR count). The lowest BCUT2D eigenvalue weighted by Crippen LogP contribution is -2.14. The van der Waals surface area contributed by atoms with Gasteiger partial charge in [0.05, 0.1) is 0 Å². The molecule has 0 unspecified atom stereocenters. The Kier molecular flexibility index (Phi) is 3.61. The lowest BCUT2D eigenvalue weighted by molar-refractivity contribution is 0.371. The van der Waals surface area contributed by atoms with Crippen molar-refractivity contribution < 1.29 is 12.9 Å². The second-order valence-electron chi connectivity index (χ2n) is 4.13. The highest BCUT2D eigenvalue weighted by Crippen LogP contribution is 2.24. The van der Waals surface area contributed by atoms with Gasteiger partial charge in [0.2, 0.25) is 20.9 Å². The molecule has 0 saturated carbocycles. The van der Waals surface area contributed by atoms with E-state index in [2.05, 4.69) is 20.1 Å². The summed E-state index contributed by atoms with van der Waals surface area (Å²) >= 11 is 0. The predicted octanol–water partition coefficient (Wildman–Crippen LogP) is 1.27. The molecule has 0 aromatic carbocycles. The highest BCUT2D eigenvalue weighted by atomic mass is 32.2. The van der Waals surface area contributed by atoms with Crippen molar-refractivity contribution in [3.8, 4) is 0 Å². The fourth-order valence-corrected chi connectivity index (χ4v) is 2.47. The maximum atomic E-state index is 12.3. The van der Waals surface area contributed by atoms with Gasteiger partial charge in [-0.1, -0.05) is 12.1 Å². The van der Waals surface area contributed by atoms with Crippen LogP contribution in [0.1, 0.15) is 36.4 Å². The van der Waals surface area contributed by atoms with E-state index in [0.717, 1.165) is 5.56 Å². The third kappa shape index (κ3) is 2.62. The summed E-state index contributed by atoms with van der Waals surface area (Å²) in [6.45, 7) is 5.12.